The molecule has 0 aliphatic carbocycles. The fourth-order valence-corrected chi connectivity index (χ4v) is 4.64. The van der Waals surface area contributed by atoms with Gasteiger partial charge in [-0.1, -0.05) is 29.3 Å². The third-order valence-electron chi connectivity index (χ3n) is 3.54. The topological polar surface area (TPSA) is 59.5 Å². The van der Waals surface area contributed by atoms with Crippen LogP contribution < -0.4 is 4.74 Å². The standard InChI is InChI=1S/C15H14Cl2N2O3S/c16-11-4-5-13(17)14(9-11)23(20,21)19-8-6-12(10-19)22-15-3-1-2-7-18-15/h1-5,7,9,12H,6,8,10H2/t12-/m0/s1. The first-order valence-corrected chi connectivity index (χ1v) is 9.19. The van der Waals surface area contributed by atoms with Crippen LogP contribution in [0.4, 0.5) is 0 Å². The summed E-state index contributed by atoms with van der Waals surface area (Å²) in [5, 5.41) is 0.483. The molecule has 2 aromatic rings. The molecule has 1 saturated heterocycles. The Balaban J connectivity index is 1.76. The van der Waals surface area contributed by atoms with Crippen LogP contribution in [0.25, 0.3) is 0 Å². The maximum atomic E-state index is 12.7. The van der Waals surface area contributed by atoms with E-state index in [1.807, 2.05) is 6.07 Å². The Labute approximate surface area is 144 Å². The van der Waals surface area contributed by atoms with Crippen LogP contribution in [0.5, 0.6) is 5.88 Å². The summed E-state index contributed by atoms with van der Waals surface area (Å²) in [7, 11) is -3.70. The molecule has 122 valence electrons. The second-order valence-corrected chi connectivity index (χ2v) is 7.88. The van der Waals surface area contributed by atoms with Gasteiger partial charge in [0, 0.05) is 23.8 Å². The fraction of sp³-hybridized carbons (Fsp3) is 0.267. The second kappa shape index (κ2) is 6.65. The van der Waals surface area contributed by atoms with Crippen molar-refractivity contribution in [1.82, 2.24) is 9.29 Å². The van der Waals surface area contributed by atoms with Crippen LogP contribution >= 0.6 is 23.2 Å². The number of benzene rings is 1. The van der Waals surface area contributed by atoms with E-state index in [-0.39, 0.29) is 22.6 Å². The van der Waals surface area contributed by atoms with Gasteiger partial charge >= 0.3 is 0 Å². The lowest BCUT2D eigenvalue weighted by atomic mass is 10.3. The molecular weight excluding hydrogens is 359 g/mol. The van der Waals surface area contributed by atoms with E-state index in [0.29, 0.717) is 23.9 Å². The van der Waals surface area contributed by atoms with E-state index in [1.165, 1.54) is 16.4 Å². The molecule has 0 amide bonds. The summed E-state index contributed by atoms with van der Waals surface area (Å²) in [6.45, 7) is 0.616. The van der Waals surface area contributed by atoms with Gasteiger partial charge in [0.2, 0.25) is 15.9 Å². The second-order valence-electron chi connectivity index (χ2n) is 5.13. The molecule has 3 rings (SSSR count). The molecule has 8 heteroatoms. The fourth-order valence-electron chi connectivity index (χ4n) is 2.41. The predicted molar refractivity (Wildman–Crippen MR) is 88.5 cm³/mol. The molecule has 1 atom stereocenters. The highest BCUT2D eigenvalue weighted by Crippen LogP contribution is 2.30. The number of hydrogen-bond acceptors (Lipinski definition) is 4. The molecule has 1 aromatic heterocycles. The van der Waals surface area contributed by atoms with Crippen LogP contribution in [-0.2, 0) is 10.0 Å². The van der Waals surface area contributed by atoms with Gasteiger partial charge in [-0.3, -0.25) is 0 Å². The minimum Gasteiger partial charge on any atom is -0.473 e. The van der Waals surface area contributed by atoms with Crippen molar-refractivity contribution in [2.75, 3.05) is 13.1 Å². The van der Waals surface area contributed by atoms with Crippen molar-refractivity contribution in [3.8, 4) is 5.88 Å². The Morgan fingerprint density at radius 1 is 1.22 bits per heavy atom. The number of ether oxygens (including phenoxy) is 1. The van der Waals surface area contributed by atoms with E-state index in [1.54, 1.807) is 24.4 Å². The zero-order chi connectivity index (χ0) is 16.4. The molecule has 1 aliphatic heterocycles. The third kappa shape index (κ3) is 3.61. The maximum Gasteiger partial charge on any atom is 0.244 e. The Morgan fingerprint density at radius 2 is 2.04 bits per heavy atom. The van der Waals surface area contributed by atoms with Gasteiger partial charge in [-0.2, -0.15) is 4.31 Å². The molecule has 5 nitrogen and oxygen atoms in total. The number of sulfonamides is 1. The van der Waals surface area contributed by atoms with Crippen molar-refractivity contribution in [2.45, 2.75) is 17.4 Å². The lowest BCUT2D eigenvalue weighted by Gasteiger charge is -2.18. The van der Waals surface area contributed by atoms with Crippen LogP contribution in [0.2, 0.25) is 10.0 Å². The van der Waals surface area contributed by atoms with Crippen LogP contribution in [0, 0.1) is 0 Å². The first-order valence-electron chi connectivity index (χ1n) is 7.00. The van der Waals surface area contributed by atoms with E-state index in [2.05, 4.69) is 4.98 Å². The SMILES string of the molecule is O=S(=O)(c1cc(Cl)ccc1Cl)N1CC[C@H](Oc2ccccn2)C1. The zero-order valence-corrected chi connectivity index (χ0v) is 14.4. The molecule has 23 heavy (non-hydrogen) atoms. The molecule has 1 fully saturated rings. The normalized spacial score (nSPS) is 19.0. The van der Waals surface area contributed by atoms with Gasteiger partial charge in [0.15, 0.2) is 0 Å². The molecule has 0 radical (unpaired) electrons. The Morgan fingerprint density at radius 3 is 2.78 bits per heavy atom. The number of rotatable bonds is 4. The molecule has 0 spiro atoms. The average molecular weight is 373 g/mol. The average Bonchev–Trinajstić information content (AvgIpc) is 3.00. The van der Waals surface area contributed by atoms with Crippen LogP contribution in [0.3, 0.4) is 0 Å². The number of hydrogen-bond donors (Lipinski definition) is 0. The van der Waals surface area contributed by atoms with Crippen LogP contribution in [-0.4, -0.2) is 36.9 Å². The van der Waals surface area contributed by atoms with Crippen molar-refractivity contribution in [3.63, 3.8) is 0 Å². The molecule has 0 bridgehead atoms. The molecule has 0 N–H and O–H groups in total. The summed E-state index contributed by atoms with van der Waals surface area (Å²) < 4.78 is 32.5. The maximum absolute atomic E-state index is 12.7. The predicted octanol–water partition coefficient (Wildman–Crippen LogP) is 3.23. The van der Waals surface area contributed by atoms with Gasteiger partial charge in [0.1, 0.15) is 11.0 Å². The van der Waals surface area contributed by atoms with E-state index in [9.17, 15) is 8.42 Å². The molecule has 1 aromatic carbocycles. The molecule has 0 unspecified atom stereocenters. The zero-order valence-electron chi connectivity index (χ0n) is 12.0. The van der Waals surface area contributed by atoms with Crippen molar-refractivity contribution in [3.05, 3.63) is 52.6 Å². The first kappa shape index (κ1) is 16.5. The minimum atomic E-state index is -3.70. The molecule has 0 saturated carbocycles. The summed E-state index contributed by atoms with van der Waals surface area (Å²) in [5.41, 5.74) is 0. The number of halogens is 2. The lowest BCUT2D eigenvalue weighted by molar-refractivity contribution is 0.207. The number of pyridine rings is 1. The monoisotopic (exact) mass is 372 g/mol. The highest BCUT2D eigenvalue weighted by molar-refractivity contribution is 7.89. The van der Waals surface area contributed by atoms with Gasteiger partial charge < -0.3 is 4.74 Å². The largest absolute Gasteiger partial charge is 0.473 e. The van der Waals surface area contributed by atoms with Crippen molar-refractivity contribution < 1.29 is 13.2 Å². The van der Waals surface area contributed by atoms with E-state index >= 15 is 0 Å². The van der Waals surface area contributed by atoms with Crippen molar-refractivity contribution in [1.29, 1.82) is 0 Å². The highest BCUT2D eigenvalue weighted by Gasteiger charge is 2.35. The Bertz CT molecular complexity index is 800. The summed E-state index contributed by atoms with van der Waals surface area (Å²) in [6.07, 6.45) is 1.98. The highest BCUT2D eigenvalue weighted by atomic mass is 35.5. The van der Waals surface area contributed by atoms with Crippen molar-refractivity contribution >= 4 is 33.2 Å². The van der Waals surface area contributed by atoms with Gasteiger partial charge in [-0.25, -0.2) is 13.4 Å². The summed E-state index contributed by atoms with van der Waals surface area (Å²) >= 11 is 11.9. The van der Waals surface area contributed by atoms with E-state index < -0.39 is 10.0 Å². The Hall–Kier alpha value is -1.34. The van der Waals surface area contributed by atoms with Gasteiger partial charge in [-0.05, 0) is 30.7 Å². The van der Waals surface area contributed by atoms with Gasteiger partial charge in [-0.15, -0.1) is 0 Å². The third-order valence-corrected chi connectivity index (χ3v) is 6.13. The molecule has 1 aliphatic rings. The van der Waals surface area contributed by atoms with E-state index in [4.69, 9.17) is 27.9 Å². The quantitative estimate of drug-likeness (QED) is 0.826. The first-order chi connectivity index (χ1) is 11.0. The Kier molecular flexibility index (Phi) is 4.77. The summed E-state index contributed by atoms with van der Waals surface area (Å²) in [4.78, 5) is 4.10. The smallest absolute Gasteiger partial charge is 0.244 e. The van der Waals surface area contributed by atoms with Crippen LogP contribution in [0.15, 0.2) is 47.5 Å². The van der Waals surface area contributed by atoms with Crippen molar-refractivity contribution in [2.24, 2.45) is 0 Å². The lowest BCUT2D eigenvalue weighted by Crippen LogP contribution is -2.31. The summed E-state index contributed by atoms with van der Waals surface area (Å²) in [6, 6.07) is 9.75. The summed E-state index contributed by atoms with van der Waals surface area (Å²) in [5.74, 6) is 0.484. The number of aromatic nitrogens is 1. The molecular formula is C15H14Cl2N2O3S. The number of nitrogens with zero attached hydrogens (tertiary/aromatic N) is 2. The molecule has 2 heterocycles. The van der Waals surface area contributed by atoms with E-state index in [0.717, 1.165) is 0 Å². The van der Waals surface area contributed by atoms with Gasteiger partial charge in [0.25, 0.3) is 0 Å². The van der Waals surface area contributed by atoms with Gasteiger partial charge in [0.05, 0.1) is 11.6 Å². The van der Waals surface area contributed by atoms with Crippen LogP contribution in [0.1, 0.15) is 6.42 Å². The minimum absolute atomic E-state index is 0.0187.